The van der Waals surface area contributed by atoms with Crippen molar-refractivity contribution in [2.75, 3.05) is 27.2 Å². The van der Waals surface area contributed by atoms with Crippen molar-refractivity contribution in [1.29, 1.82) is 0 Å². The summed E-state index contributed by atoms with van der Waals surface area (Å²) in [6, 6.07) is 24.7. The minimum atomic E-state index is -0.181. The van der Waals surface area contributed by atoms with Crippen molar-refractivity contribution in [2.45, 2.75) is 25.0 Å². The van der Waals surface area contributed by atoms with Gasteiger partial charge in [-0.1, -0.05) is 72.8 Å². The third-order valence-electron chi connectivity index (χ3n) is 7.52. The van der Waals surface area contributed by atoms with Crippen LogP contribution in [0.1, 0.15) is 34.0 Å². The Labute approximate surface area is 224 Å². The maximum Gasteiger partial charge on any atom is 0.247 e. The van der Waals surface area contributed by atoms with Crippen LogP contribution in [0.3, 0.4) is 0 Å². The van der Waals surface area contributed by atoms with Gasteiger partial charge >= 0.3 is 0 Å². The van der Waals surface area contributed by atoms with Crippen LogP contribution in [0.5, 0.6) is 5.75 Å². The molecule has 0 spiro atoms. The van der Waals surface area contributed by atoms with E-state index in [2.05, 4.69) is 96.8 Å². The average Bonchev–Trinajstić information content (AvgIpc) is 3.53. The normalized spacial score (nSPS) is 18.9. The van der Waals surface area contributed by atoms with Gasteiger partial charge in [-0.3, -0.25) is 4.79 Å². The molecule has 192 valence electrons. The Morgan fingerprint density at radius 2 is 1.74 bits per heavy atom. The predicted molar refractivity (Wildman–Crippen MR) is 154 cm³/mol. The van der Waals surface area contributed by atoms with Crippen molar-refractivity contribution in [1.82, 2.24) is 14.8 Å². The summed E-state index contributed by atoms with van der Waals surface area (Å²) < 4.78 is 6.46. The Morgan fingerprint density at radius 1 is 1.00 bits per heavy atom. The van der Waals surface area contributed by atoms with E-state index in [-0.39, 0.29) is 18.1 Å². The lowest BCUT2D eigenvalue weighted by Crippen LogP contribution is -2.46. The number of H-pyrrole nitrogens is 1. The first-order chi connectivity index (χ1) is 18.6. The van der Waals surface area contributed by atoms with Gasteiger partial charge in [0.25, 0.3) is 0 Å². The molecule has 0 saturated carbocycles. The standard InChI is InChI=1S/C33H33N3O2/c1-35(2)20-7-8-23-13-15-24(16-14-23)17-18-31(37)36-21-19-27-26-10-4-5-11-28(26)34-32(27)33(36)30-22-25-9-3-6-12-29(25)38-30/h3-18,30,33-34H,19-22H2,1-2H3. The molecule has 3 heterocycles. The quantitative estimate of drug-likeness (QED) is 0.334. The molecule has 0 radical (unpaired) electrons. The molecule has 2 aliphatic rings. The van der Waals surface area contributed by atoms with Crippen LogP contribution in [0.15, 0.2) is 84.9 Å². The number of benzene rings is 3. The number of rotatable bonds is 6. The highest BCUT2D eigenvalue weighted by Gasteiger charge is 2.41. The minimum absolute atomic E-state index is 0.00816. The SMILES string of the molecule is CN(C)CC=Cc1ccc(C=CC(=O)N2CCc3c([nH]c4ccccc34)C2C2Cc3ccccc3O2)cc1. The molecule has 3 aromatic carbocycles. The Bertz CT molecular complexity index is 1490. The van der Waals surface area contributed by atoms with Gasteiger partial charge in [-0.2, -0.15) is 0 Å². The first-order valence-corrected chi connectivity index (χ1v) is 13.3. The van der Waals surface area contributed by atoms with E-state index in [0.717, 1.165) is 47.5 Å². The van der Waals surface area contributed by atoms with Crippen LogP contribution >= 0.6 is 0 Å². The molecule has 1 N–H and O–H groups in total. The van der Waals surface area contributed by atoms with Crippen LogP contribution in [0.2, 0.25) is 0 Å². The maximum absolute atomic E-state index is 13.7. The second-order valence-electron chi connectivity index (χ2n) is 10.4. The Balaban J connectivity index is 1.26. The Kier molecular flexibility index (Phi) is 6.61. The fourth-order valence-electron chi connectivity index (χ4n) is 5.67. The van der Waals surface area contributed by atoms with Crippen molar-refractivity contribution >= 4 is 29.0 Å². The van der Waals surface area contributed by atoms with Crippen LogP contribution in [0.25, 0.3) is 23.1 Å². The van der Waals surface area contributed by atoms with Crippen molar-refractivity contribution < 1.29 is 9.53 Å². The van der Waals surface area contributed by atoms with E-state index in [4.69, 9.17) is 4.74 Å². The third-order valence-corrected chi connectivity index (χ3v) is 7.52. The molecule has 2 aliphatic heterocycles. The molecule has 4 aromatic rings. The zero-order valence-corrected chi connectivity index (χ0v) is 21.9. The van der Waals surface area contributed by atoms with Gasteiger partial charge < -0.3 is 19.5 Å². The molecule has 5 heteroatoms. The van der Waals surface area contributed by atoms with Crippen molar-refractivity contribution in [3.63, 3.8) is 0 Å². The fourth-order valence-corrected chi connectivity index (χ4v) is 5.67. The summed E-state index contributed by atoms with van der Waals surface area (Å²) in [5, 5.41) is 1.24. The molecular formula is C33H33N3O2. The maximum atomic E-state index is 13.7. The number of aromatic amines is 1. The van der Waals surface area contributed by atoms with E-state index in [1.165, 1.54) is 16.5 Å². The van der Waals surface area contributed by atoms with E-state index >= 15 is 0 Å². The number of fused-ring (bicyclic) bond motifs is 4. The second kappa shape index (κ2) is 10.3. The molecule has 1 amide bonds. The number of hydrogen-bond acceptors (Lipinski definition) is 3. The van der Waals surface area contributed by atoms with Gasteiger partial charge in [0.15, 0.2) is 0 Å². The molecule has 38 heavy (non-hydrogen) atoms. The zero-order chi connectivity index (χ0) is 26.1. The van der Waals surface area contributed by atoms with Gasteiger partial charge in [0.05, 0.1) is 0 Å². The summed E-state index contributed by atoms with van der Waals surface area (Å²) in [7, 11) is 4.11. The summed E-state index contributed by atoms with van der Waals surface area (Å²) in [6.07, 6.45) is 9.36. The molecule has 0 bridgehead atoms. The minimum Gasteiger partial charge on any atom is -0.487 e. The van der Waals surface area contributed by atoms with E-state index in [0.29, 0.717) is 6.54 Å². The highest BCUT2D eigenvalue weighted by Crippen LogP contribution is 2.42. The fraction of sp³-hybridized carbons (Fsp3) is 0.242. The van der Waals surface area contributed by atoms with Gasteiger partial charge in [0, 0.05) is 42.2 Å². The summed E-state index contributed by atoms with van der Waals surface area (Å²) in [6.45, 7) is 1.57. The number of carbonyl (C=O) groups excluding carboxylic acids is 1. The number of ether oxygens (including phenoxy) is 1. The highest BCUT2D eigenvalue weighted by atomic mass is 16.5. The Morgan fingerprint density at radius 3 is 2.53 bits per heavy atom. The molecule has 5 nitrogen and oxygen atoms in total. The number of amides is 1. The van der Waals surface area contributed by atoms with E-state index in [9.17, 15) is 4.79 Å². The van der Waals surface area contributed by atoms with Gasteiger partial charge in [-0.15, -0.1) is 0 Å². The smallest absolute Gasteiger partial charge is 0.247 e. The molecule has 1 aromatic heterocycles. The summed E-state index contributed by atoms with van der Waals surface area (Å²) in [4.78, 5) is 21.4. The van der Waals surface area contributed by atoms with Gasteiger partial charge in [-0.25, -0.2) is 0 Å². The number of aromatic nitrogens is 1. The van der Waals surface area contributed by atoms with E-state index in [1.54, 1.807) is 6.08 Å². The molecule has 0 fully saturated rings. The lowest BCUT2D eigenvalue weighted by Gasteiger charge is -2.38. The monoisotopic (exact) mass is 503 g/mol. The van der Waals surface area contributed by atoms with Gasteiger partial charge in [0.1, 0.15) is 17.9 Å². The largest absolute Gasteiger partial charge is 0.487 e. The highest BCUT2D eigenvalue weighted by molar-refractivity contribution is 5.93. The summed E-state index contributed by atoms with van der Waals surface area (Å²) in [5.41, 5.74) is 6.87. The third kappa shape index (κ3) is 4.77. The van der Waals surface area contributed by atoms with Crippen LogP contribution in [-0.2, 0) is 17.6 Å². The zero-order valence-electron chi connectivity index (χ0n) is 21.9. The first kappa shape index (κ1) is 24.3. The van der Waals surface area contributed by atoms with E-state index in [1.807, 2.05) is 23.1 Å². The van der Waals surface area contributed by atoms with Crippen molar-refractivity contribution in [2.24, 2.45) is 0 Å². The molecule has 0 aliphatic carbocycles. The topological polar surface area (TPSA) is 48.6 Å². The number of nitrogens with zero attached hydrogens (tertiary/aromatic N) is 2. The second-order valence-corrected chi connectivity index (χ2v) is 10.4. The Hall–Kier alpha value is -4.09. The molecule has 6 rings (SSSR count). The number of carbonyl (C=O) groups is 1. The van der Waals surface area contributed by atoms with Crippen molar-refractivity contribution in [3.05, 3.63) is 113 Å². The van der Waals surface area contributed by atoms with Crippen molar-refractivity contribution in [3.8, 4) is 5.75 Å². The number of hydrogen-bond donors (Lipinski definition) is 1. The first-order valence-electron chi connectivity index (χ1n) is 13.3. The van der Waals surface area contributed by atoms with Crippen LogP contribution in [-0.4, -0.2) is 54.0 Å². The summed E-state index contributed by atoms with van der Waals surface area (Å²) >= 11 is 0. The lowest BCUT2D eigenvalue weighted by atomic mass is 9.91. The van der Waals surface area contributed by atoms with Gasteiger partial charge in [-0.05, 0) is 61.0 Å². The van der Waals surface area contributed by atoms with Gasteiger partial charge in [0.2, 0.25) is 5.91 Å². The summed E-state index contributed by atoms with van der Waals surface area (Å²) in [5.74, 6) is 0.928. The molecular weight excluding hydrogens is 470 g/mol. The average molecular weight is 504 g/mol. The predicted octanol–water partition coefficient (Wildman–Crippen LogP) is 5.89. The van der Waals surface area contributed by atoms with Crippen LogP contribution in [0, 0.1) is 0 Å². The molecule has 2 unspecified atom stereocenters. The number of para-hydroxylation sites is 2. The van der Waals surface area contributed by atoms with Crippen LogP contribution < -0.4 is 4.74 Å². The van der Waals surface area contributed by atoms with Crippen LogP contribution in [0.4, 0.5) is 0 Å². The number of likely N-dealkylation sites (N-methyl/N-ethyl adjacent to an activating group) is 1. The number of nitrogens with one attached hydrogen (secondary N) is 1. The molecule has 2 atom stereocenters. The lowest BCUT2D eigenvalue weighted by molar-refractivity contribution is -0.131. The molecule has 0 saturated heterocycles. The van der Waals surface area contributed by atoms with E-state index < -0.39 is 0 Å².